The first kappa shape index (κ1) is 11.0. The van der Waals surface area contributed by atoms with E-state index >= 15 is 0 Å². The lowest BCUT2D eigenvalue weighted by Gasteiger charge is -2.12. The molecule has 4 heteroatoms. The van der Waals surface area contributed by atoms with Crippen molar-refractivity contribution in [2.24, 2.45) is 0 Å². The van der Waals surface area contributed by atoms with E-state index in [2.05, 4.69) is 0 Å². The first-order valence-corrected chi connectivity index (χ1v) is 7.24. The molecule has 0 unspecified atom stereocenters. The highest BCUT2D eigenvalue weighted by atomic mass is 32.2. The van der Waals surface area contributed by atoms with Gasteiger partial charge >= 0.3 is 0 Å². The van der Waals surface area contributed by atoms with Gasteiger partial charge in [-0.15, -0.1) is 0 Å². The molecule has 3 nitrogen and oxygen atoms in total. The molecule has 0 aliphatic carbocycles. The molecule has 0 aromatic heterocycles. The van der Waals surface area contributed by atoms with Gasteiger partial charge in [0.1, 0.15) is 0 Å². The van der Waals surface area contributed by atoms with E-state index in [4.69, 9.17) is 4.74 Å². The van der Waals surface area contributed by atoms with Crippen molar-refractivity contribution in [2.75, 3.05) is 0 Å². The van der Waals surface area contributed by atoms with E-state index in [0.29, 0.717) is 9.80 Å². The molecule has 0 radical (unpaired) electrons. The van der Waals surface area contributed by atoms with Gasteiger partial charge in [0.05, 0.1) is 22.0 Å². The average Bonchev–Trinajstić information content (AvgIpc) is 2.91. The topological polar surface area (TPSA) is 43.4 Å². The van der Waals surface area contributed by atoms with Gasteiger partial charge in [-0.25, -0.2) is 8.42 Å². The molecule has 2 aliphatic heterocycles. The standard InChI is InChI=1S/C13H14O3S/c1-9-2-5-11(6-3-9)17(14,15)13-8-10-4-7-12(13)16-10/h2-3,5-6,8,10,12H,4,7H2,1H3/t10-,12+/m1/s1. The minimum Gasteiger partial charge on any atom is -0.365 e. The summed E-state index contributed by atoms with van der Waals surface area (Å²) in [6, 6.07) is 6.97. The monoisotopic (exact) mass is 250 g/mol. The molecular weight excluding hydrogens is 236 g/mol. The van der Waals surface area contributed by atoms with Crippen LogP contribution in [0.4, 0.5) is 0 Å². The summed E-state index contributed by atoms with van der Waals surface area (Å²) in [6.45, 7) is 1.94. The third-order valence-corrected chi connectivity index (χ3v) is 5.27. The van der Waals surface area contributed by atoms with E-state index in [1.807, 2.05) is 19.1 Å². The van der Waals surface area contributed by atoms with E-state index in [-0.39, 0.29) is 12.2 Å². The molecule has 90 valence electrons. The Morgan fingerprint density at radius 1 is 1.18 bits per heavy atom. The van der Waals surface area contributed by atoms with Crippen LogP contribution in [0, 0.1) is 6.92 Å². The molecule has 1 fully saturated rings. The Balaban J connectivity index is 2.02. The summed E-state index contributed by atoms with van der Waals surface area (Å²) in [5.74, 6) is 0. The molecule has 0 saturated carbocycles. The van der Waals surface area contributed by atoms with E-state index in [1.165, 1.54) is 0 Å². The molecule has 1 aromatic rings. The quantitative estimate of drug-likeness (QED) is 0.808. The van der Waals surface area contributed by atoms with Crippen LogP contribution in [-0.4, -0.2) is 20.6 Å². The number of hydrogen-bond acceptors (Lipinski definition) is 3. The van der Waals surface area contributed by atoms with Crippen molar-refractivity contribution in [1.82, 2.24) is 0 Å². The lowest BCUT2D eigenvalue weighted by atomic mass is 10.1. The number of hydrogen-bond donors (Lipinski definition) is 0. The van der Waals surface area contributed by atoms with Crippen LogP contribution < -0.4 is 0 Å². The summed E-state index contributed by atoms with van der Waals surface area (Å²) in [5, 5.41) is 0. The van der Waals surface area contributed by atoms with Crippen LogP contribution in [-0.2, 0) is 14.6 Å². The van der Waals surface area contributed by atoms with Crippen molar-refractivity contribution in [3.63, 3.8) is 0 Å². The van der Waals surface area contributed by atoms with Crippen molar-refractivity contribution >= 4 is 9.84 Å². The van der Waals surface area contributed by atoms with Crippen LogP contribution in [0.25, 0.3) is 0 Å². The lowest BCUT2D eigenvalue weighted by molar-refractivity contribution is 0.119. The van der Waals surface area contributed by atoms with Gasteiger partial charge in [0, 0.05) is 0 Å². The zero-order valence-corrected chi connectivity index (χ0v) is 10.4. The van der Waals surface area contributed by atoms with E-state index in [0.717, 1.165) is 18.4 Å². The molecule has 2 aliphatic rings. The molecule has 0 amide bonds. The maximum Gasteiger partial charge on any atom is 0.205 e. The molecule has 2 heterocycles. The van der Waals surface area contributed by atoms with Crippen molar-refractivity contribution in [1.29, 1.82) is 0 Å². The van der Waals surface area contributed by atoms with Gasteiger partial charge in [-0.1, -0.05) is 17.7 Å². The second-order valence-electron chi connectivity index (χ2n) is 4.63. The third kappa shape index (κ3) is 1.72. The first-order valence-electron chi connectivity index (χ1n) is 5.76. The fourth-order valence-corrected chi connectivity index (χ4v) is 4.02. The number of fused-ring (bicyclic) bond motifs is 2. The number of ether oxygens (including phenoxy) is 1. The summed E-state index contributed by atoms with van der Waals surface area (Å²) < 4.78 is 30.3. The van der Waals surface area contributed by atoms with Crippen LogP contribution in [0.15, 0.2) is 40.1 Å². The van der Waals surface area contributed by atoms with Gasteiger partial charge in [-0.3, -0.25) is 0 Å². The fourth-order valence-electron chi connectivity index (χ4n) is 2.40. The summed E-state index contributed by atoms with van der Waals surface area (Å²) in [5.41, 5.74) is 1.06. The summed E-state index contributed by atoms with van der Waals surface area (Å²) in [4.78, 5) is 0.822. The van der Waals surface area contributed by atoms with Crippen molar-refractivity contribution in [3.05, 3.63) is 40.8 Å². The van der Waals surface area contributed by atoms with E-state index in [1.54, 1.807) is 18.2 Å². The SMILES string of the molecule is Cc1ccc(S(=O)(=O)C2=C[C@H]3CC[C@@H]2O3)cc1. The smallest absolute Gasteiger partial charge is 0.205 e. The Morgan fingerprint density at radius 2 is 1.88 bits per heavy atom. The minimum absolute atomic E-state index is 0.00947. The molecule has 17 heavy (non-hydrogen) atoms. The summed E-state index contributed by atoms with van der Waals surface area (Å²) in [6.07, 6.45) is 3.32. The molecule has 3 rings (SSSR count). The number of aryl methyl sites for hydroxylation is 1. The number of sulfone groups is 1. The molecular formula is C13H14O3S. The normalized spacial score (nSPS) is 27.2. The van der Waals surface area contributed by atoms with Crippen molar-refractivity contribution in [2.45, 2.75) is 36.9 Å². The van der Waals surface area contributed by atoms with E-state index < -0.39 is 9.84 Å². The van der Waals surface area contributed by atoms with Gasteiger partial charge in [-0.05, 0) is 38.0 Å². The molecule has 1 saturated heterocycles. The van der Waals surface area contributed by atoms with Crippen LogP contribution >= 0.6 is 0 Å². The molecule has 2 atom stereocenters. The Morgan fingerprint density at radius 3 is 2.41 bits per heavy atom. The Kier molecular flexibility index (Phi) is 2.38. The highest BCUT2D eigenvalue weighted by Crippen LogP contribution is 2.38. The van der Waals surface area contributed by atoms with Gasteiger partial charge in [0.25, 0.3) is 0 Å². The minimum atomic E-state index is -3.35. The zero-order valence-electron chi connectivity index (χ0n) is 9.59. The van der Waals surface area contributed by atoms with Gasteiger partial charge in [-0.2, -0.15) is 0 Å². The fraction of sp³-hybridized carbons (Fsp3) is 0.385. The zero-order chi connectivity index (χ0) is 12.0. The van der Waals surface area contributed by atoms with Crippen molar-refractivity contribution in [3.8, 4) is 0 Å². The number of rotatable bonds is 2. The van der Waals surface area contributed by atoms with Crippen LogP contribution in [0.1, 0.15) is 18.4 Å². The molecule has 2 bridgehead atoms. The third-order valence-electron chi connectivity index (χ3n) is 3.36. The maximum atomic E-state index is 12.4. The van der Waals surface area contributed by atoms with E-state index in [9.17, 15) is 8.42 Å². The highest BCUT2D eigenvalue weighted by molar-refractivity contribution is 7.95. The first-order chi connectivity index (χ1) is 8.07. The second-order valence-corrected chi connectivity index (χ2v) is 6.58. The Hall–Kier alpha value is -1.13. The molecule has 0 N–H and O–H groups in total. The molecule has 1 aromatic carbocycles. The number of benzene rings is 1. The summed E-state index contributed by atoms with van der Waals surface area (Å²) >= 11 is 0. The largest absolute Gasteiger partial charge is 0.365 e. The highest BCUT2D eigenvalue weighted by Gasteiger charge is 2.40. The van der Waals surface area contributed by atoms with Crippen LogP contribution in [0.2, 0.25) is 0 Å². The van der Waals surface area contributed by atoms with Crippen LogP contribution in [0.3, 0.4) is 0 Å². The van der Waals surface area contributed by atoms with Gasteiger partial charge < -0.3 is 4.74 Å². The van der Waals surface area contributed by atoms with Crippen molar-refractivity contribution < 1.29 is 13.2 Å². The predicted molar refractivity (Wildman–Crippen MR) is 64.3 cm³/mol. The summed E-state index contributed by atoms with van der Waals surface area (Å²) in [7, 11) is -3.35. The maximum absolute atomic E-state index is 12.4. The lowest BCUT2D eigenvalue weighted by Crippen LogP contribution is -2.15. The second kappa shape index (κ2) is 3.68. The average molecular weight is 250 g/mol. The Bertz CT molecular complexity index is 569. The van der Waals surface area contributed by atoms with Crippen LogP contribution in [0.5, 0.6) is 0 Å². The Labute approximate surface area is 101 Å². The molecule has 0 spiro atoms. The van der Waals surface area contributed by atoms with Gasteiger partial charge in [0.2, 0.25) is 9.84 Å². The predicted octanol–water partition coefficient (Wildman–Crippen LogP) is 2.21. The van der Waals surface area contributed by atoms with Gasteiger partial charge in [0.15, 0.2) is 0 Å².